The van der Waals surface area contributed by atoms with E-state index in [-0.39, 0.29) is 17.7 Å². The summed E-state index contributed by atoms with van der Waals surface area (Å²) in [6.45, 7) is 3.88. The lowest BCUT2D eigenvalue weighted by molar-refractivity contribution is -0.313. The van der Waals surface area contributed by atoms with Crippen molar-refractivity contribution in [3.63, 3.8) is 0 Å². The molecule has 0 aromatic carbocycles. The van der Waals surface area contributed by atoms with Gasteiger partial charge in [-0.2, -0.15) is 0 Å². The van der Waals surface area contributed by atoms with Crippen molar-refractivity contribution < 1.29 is 14.7 Å². The number of carbonyl (C=O) groups excluding carboxylic acids is 2. The molecule has 1 amide bonds. The Hall–Kier alpha value is -1.58. The second-order valence-corrected chi connectivity index (χ2v) is 4.35. The molecule has 1 saturated carbocycles. The molecule has 1 fully saturated rings. The van der Waals surface area contributed by atoms with Gasteiger partial charge in [-0.05, 0) is 18.3 Å². The van der Waals surface area contributed by atoms with Crippen molar-refractivity contribution in [2.24, 2.45) is 23.7 Å². The van der Waals surface area contributed by atoms with E-state index in [1.165, 1.54) is 0 Å². The summed E-state index contributed by atoms with van der Waals surface area (Å²) in [6.07, 6.45) is 6.17. The van der Waals surface area contributed by atoms with Gasteiger partial charge in [0.15, 0.2) is 0 Å². The maximum Gasteiger partial charge on any atom is 0.224 e. The summed E-state index contributed by atoms with van der Waals surface area (Å²) in [5.41, 5.74) is 0. The summed E-state index contributed by atoms with van der Waals surface area (Å²) in [6, 6.07) is 0. The first-order chi connectivity index (χ1) is 7.65. The van der Waals surface area contributed by atoms with Crippen LogP contribution in [-0.4, -0.2) is 18.4 Å². The number of aliphatic carboxylic acids is 1. The van der Waals surface area contributed by atoms with Gasteiger partial charge in [-0.15, -0.1) is 6.58 Å². The van der Waals surface area contributed by atoms with E-state index in [9.17, 15) is 14.7 Å². The predicted octanol–water partition coefficient (Wildman–Crippen LogP) is -0.523. The largest absolute Gasteiger partial charge is 0.550 e. The van der Waals surface area contributed by atoms with Gasteiger partial charge in [0.1, 0.15) is 0 Å². The molecule has 16 heavy (non-hydrogen) atoms. The van der Waals surface area contributed by atoms with Crippen LogP contribution in [0.2, 0.25) is 0 Å². The third kappa shape index (κ3) is 1.64. The van der Waals surface area contributed by atoms with Crippen LogP contribution in [-0.2, 0) is 9.59 Å². The summed E-state index contributed by atoms with van der Waals surface area (Å²) in [5.74, 6) is -2.44. The first kappa shape index (κ1) is 10.9. The lowest BCUT2D eigenvalue weighted by Gasteiger charge is -2.27. The van der Waals surface area contributed by atoms with E-state index in [1.807, 2.05) is 12.2 Å². The Balaban J connectivity index is 2.13. The van der Waals surface area contributed by atoms with Gasteiger partial charge in [0, 0.05) is 18.4 Å². The summed E-state index contributed by atoms with van der Waals surface area (Å²) >= 11 is 0. The highest BCUT2D eigenvalue weighted by Gasteiger charge is 2.48. The molecular weight excluding hydrogens is 206 g/mol. The van der Waals surface area contributed by atoms with Crippen molar-refractivity contribution in [2.75, 3.05) is 6.54 Å². The number of hydrogen-bond acceptors (Lipinski definition) is 3. The third-order valence-electron chi connectivity index (χ3n) is 3.45. The van der Waals surface area contributed by atoms with Gasteiger partial charge in [-0.1, -0.05) is 18.2 Å². The molecule has 4 heteroatoms. The molecular formula is C12H14NO3-. The molecule has 0 spiro atoms. The molecule has 2 bridgehead atoms. The summed E-state index contributed by atoms with van der Waals surface area (Å²) < 4.78 is 0. The molecule has 4 atom stereocenters. The fourth-order valence-corrected chi connectivity index (χ4v) is 2.79. The first-order valence-corrected chi connectivity index (χ1v) is 5.43. The maximum absolute atomic E-state index is 11.8. The zero-order valence-electron chi connectivity index (χ0n) is 8.89. The lowest BCUT2D eigenvalue weighted by atomic mass is 9.82. The topological polar surface area (TPSA) is 69.2 Å². The number of allylic oxidation sites excluding steroid dienone is 2. The number of carbonyl (C=O) groups is 2. The van der Waals surface area contributed by atoms with Crippen LogP contribution < -0.4 is 10.4 Å². The van der Waals surface area contributed by atoms with Crippen LogP contribution in [0.4, 0.5) is 0 Å². The van der Waals surface area contributed by atoms with Crippen LogP contribution in [0.3, 0.4) is 0 Å². The van der Waals surface area contributed by atoms with E-state index in [2.05, 4.69) is 11.9 Å². The standard InChI is InChI=1S/C12H15NO3/c1-2-5-13-11(14)9-7-3-4-8(6-7)10(9)12(15)16/h2-4,7-10H,1,5-6H2,(H,13,14)(H,15,16)/p-1/t7-,8-,9-,10-/m1/s1. The van der Waals surface area contributed by atoms with Gasteiger partial charge in [-0.3, -0.25) is 4.79 Å². The Labute approximate surface area is 94.0 Å². The molecule has 2 aliphatic carbocycles. The number of carboxylic acid groups (broad SMARTS) is 1. The molecule has 4 nitrogen and oxygen atoms in total. The maximum atomic E-state index is 11.8. The Morgan fingerprint density at radius 2 is 2.00 bits per heavy atom. The molecule has 86 valence electrons. The number of nitrogens with one attached hydrogen (secondary N) is 1. The van der Waals surface area contributed by atoms with Gasteiger partial charge < -0.3 is 15.2 Å². The highest BCUT2D eigenvalue weighted by Crippen LogP contribution is 2.47. The molecule has 0 heterocycles. The zero-order chi connectivity index (χ0) is 11.7. The summed E-state index contributed by atoms with van der Waals surface area (Å²) in [7, 11) is 0. The second kappa shape index (κ2) is 4.12. The molecule has 2 rings (SSSR count). The average Bonchev–Trinajstić information content (AvgIpc) is 2.84. The van der Waals surface area contributed by atoms with Crippen LogP contribution in [0.5, 0.6) is 0 Å². The minimum absolute atomic E-state index is 0.0329. The van der Waals surface area contributed by atoms with Crippen molar-refractivity contribution in [3.8, 4) is 0 Å². The van der Waals surface area contributed by atoms with E-state index in [4.69, 9.17) is 0 Å². The van der Waals surface area contributed by atoms with Crippen molar-refractivity contribution in [1.82, 2.24) is 5.32 Å². The number of fused-ring (bicyclic) bond motifs is 2. The highest BCUT2D eigenvalue weighted by atomic mass is 16.4. The summed E-state index contributed by atoms with van der Waals surface area (Å²) in [5, 5.41) is 13.7. The molecule has 0 aromatic heterocycles. The fourth-order valence-electron chi connectivity index (χ4n) is 2.79. The number of hydrogen-bond donors (Lipinski definition) is 1. The number of amides is 1. The first-order valence-electron chi connectivity index (χ1n) is 5.43. The predicted molar refractivity (Wildman–Crippen MR) is 55.9 cm³/mol. The minimum atomic E-state index is -1.12. The second-order valence-electron chi connectivity index (χ2n) is 4.35. The van der Waals surface area contributed by atoms with Gasteiger partial charge >= 0.3 is 0 Å². The van der Waals surface area contributed by atoms with E-state index >= 15 is 0 Å². The SMILES string of the molecule is C=CCNC(=O)[C@H]1[C@H](C(=O)[O-])[C@@H]2C=C[C@@H]1C2. The Morgan fingerprint density at radius 3 is 2.56 bits per heavy atom. The highest BCUT2D eigenvalue weighted by molar-refractivity contribution is 5.86. The van der Waals surface area contributed by atoms with Crippen LogP contribution in [0.1, 0.15) is 6.42 Å². The van der Waals surface area contributed by atoms with E-state index in [1.54, 1.807) is 6.08 Å². The Kier molecular flexibility index (Phi) is 2.81. The normalized spacial score (nSPS) is 35.0. The third-order valence-corrected chi connectivity index (χ3v) is 3.45. The number of rotatable bonds is 4. The van der Waals surface area contributed by atoms with Crippen molar-refractivity contribution >= 4 is 11.9 Å². The smallest absolute Gasteiger partial charge is 0.224 e. The molecule has 0 saturated heterocycles. The Morgan fingerprint density at radius 1 is 1.38 bits per heavy atom. The van der Waals surface area contributed by atoms with Gasteiger partial charge in [0.25, 0.3) is 0 Å². The number of carboxylic acids is 1. The van der Waals surface area contributed by atoms with Crippen molar-refractivity contribution in [1.29, 1.82) is 0 Å². The van der Waals surface area contributed by atoms with Gasteiger partial charge in [-0.25, -0.2) is 0 Å². The molecule has 0 aliphatic heterocycles. The van der Waals surface area contributed by atoms with Crippen LogP contribution in [0.15, 0.2) is 24.8 Å². The van der Waals surface area contributed by atoms with Gasteiger partial charge in [0.2, 0.25) is 5.91 Å². The molecule has 0 radical (unpaired) electrons. The molecule has 0 aromatic rings. The van der Waals surface area contributed by atoms with E-state index in [0.717, 1.165) is 6.42 Å². The Bertz CT molecular complexity index is 361. The van der Waals surface area contributed by atoms with Crippen molar-refractivity contribution in [2.45, 2.75) is 6.42 Å². The van der Waals surface area contributed by atoms with Crippen LogP contribution in [0, 0.1) is 23.7 Å². The van der Waals surface area contributed by atoms with E-state index < -0.39 is 17.8 Å². The summed E-state index contributed by atoms with van der Waals surface area (Å²) in [4.78, 5) is 22.9. The average molecular weight is 220 g/mol. The van der Waals surface area contributed by atoms with Crippen molar-refractivity contribution in [3.05, 3.63) is 24.8 Å². The molecule has 2 aliphatic rings. The fraction of sp³-hybridized carbons (Fsp3) is 0.500. The zero-order valence-corrected chi connectivity index (χ0v) is 8.89. The van der Waals surface area contributed by atoms with Crippen LogP contribution in [0.25, 0.3) is 0 Å². The molecule has 0 unspecified atom stereocenters. The lowest BCUT2D eigenvalue weighted by Crippen LogP contribution is -2.44. The van der Waals surface area contributed by atoms with E-state index in [0.29, 0.717) is 6.54 Å². The van der Waals surface area contributed by atoms with Gasteiger partial charge in [0.05, 0.1) is 5.92 Å². The monoisotopic (exact) mass is 220 g/mol. The minimum Gasteiger partial charge on any atom is -0.550 e. The van der Waals surface area contributed by atoms with Crippen LogP contribution >= 0.6 is 0 Å². The quantitative estimate of drug-likeness (QED) is 0.648. The molecule has 1 N–H and O–H groups in total.